The summed E-state index contributed by atoms with van der Waals surface area (Å²) in [4.78, 5) is 8.96. The number of rotatable bonds is 5. The van der Waals surface area contributed by atoms with Crippen LogP contribution in [0, 0.1) is 0 Å². The smallest absolute Gasteiger partial charge is 0.481 e. The lowest BCUT2D eigenvalue weighted by molar-refractivity contribution is -0.286. The zero-order chi connectivity index (χ0) is 23.3. The Balaban J connectivity index is 1.18. The second-order valence-corrected chi connectivity index (χ2v) is 8.37. The van der Waals surface area contributed by atoms with E-state index in [2.05, 4.69) is 24.8 Å². The zero-order valence-corrected chi connectivity index (χ0v) is 18.3. The Morgan fingerprint density at radius 2 is 2.06 bits per heavy atom. The Kier molecular flexibility index (Phi) is 4.84. The van der Waals surface area contributed by atoms with Gasteiger partial charge in [-0.3, -0.25) is 4.98 Å². The highest BCUT2D eigenvalue weighted by molar-refractivity contribution is 5.83. The van der Waals surface area contributed by atoms with Gasteiger partial charge in [-0.2, -0.15) is 5.10 Å². The summed E-state index contributed by atoms with van der Waals surface area (Å²) >= 11 is 0. The number of nitrogens with zero attached hydrogens (tertiary/aromatic N) is 4. The van der Waals surface area contributed by atoms with Gasteiger partial charge < -0.3 is 19.5 Å². The van der Waals surface area contributed by atoms with E-state index in [1.54, 1.807) is 31.5 Å². The van der Waals surface area contributed by atoms with E-state index in [1.807, 2.05) is 23.0 Å². The normalized spacial score (nSPS) is 18.1. The van der Waals surface area contributed by atoms with Crippen molar-refractivity contribution in [3.05, 3.63) is 65.6 Å². The minimum absolute atomic E-state index is 0.0548. The lowest BCUT2D eigenvalue weighted by Gasteiger charge is -2.22. The summed E-state index contributed by atoms with van der Waals surface area (Å²) in [6, 6.07) is 10.7. The third-order valence-corrected chi connectivity index (χ3v) is 6.13. The topological polar surface area (TPSA) is 83.3 Å². The Bertz CT molecular complexity index is 1390. The Morgan fingerprint density at radius 1 is 1.18 bits per heavy atom. The van der Waals surface area contributed by atoms with Crippen molar-refractivity contribution in [3.63, 3.8) is 0 Å². The van der Waals surface area contributed by atoms with E-state index in [4.69, 9.17) is 9.84 Å². The largest absolute Gasteiger partial charge is 0.586 e. The van der Waals surface area contributed by atoms with Gasteiger partial charge in [0.1, 0.15) is 5.52 Å². The van der Waals surface area contributed by atoms with Crippen LogP contribution in [-0.2, 0) is 19.4 Å². The predicted octanol–water partition coefficient (Wildman–Crippen LogP) is 3.79. The third-order valence-electron chi connectivity index (χ3n) is 6.13. The Morgan fingerprint density at radius 3 is 2.94 bits per heavy atom. The number of benzene rings is 1. The summed E-state index contributed by atoms with van der Waals surface area (Å²) in [6.07, 6.45) is 2.77. The van der Waals surface area contributed by atoms with Gasteiger partial charge in [0.25, 0.3) is 0 Å². The molecule has 1 N–H and O–H groups in total. The van der Waals surface area contributed by atoms with Gasteiger partial charge in [-0.15, -0.1) is 8.78 Å². The molecule has 0 amide bonds. The molecule has 0 saturated heterocycles. The molecule has 0 spiro atoms. The van der Waals surface area contributed by atoms with E-state index in [0.717, 1.165) is 47.2 Å². The summed E-state index contributed by atoms with van der Waals surface area (Å²) in [5, 5.41) is 8.34. The first-order valence-corrected chi connectivity index (χ1v) is 11.0. The van der Waals surface area contributed by atoms with Crippen LogP contribution in [0.3, 0.4) is 0 Å². The highest BCUT2D eigenvalue weighted by Gasteiger charge is 2.43. The van der Waals surface area contributed by atoms with Crippen molar-refractivity contribution in [2.24, 2.45) is 0 Å². The van der Waals surface area contributed by atoms with Gasteiger partial charge in [-0.05, 0) is 54.7 Å². The molecule has 34 heavy (non-hydrogen) atoms. The number of nitrogens with one attached hydrogen (secondary N) is 1. The second kappa shape index (κ2) is 7.91. The van der Waals surface area contributed by atoms with Gasteiger partial charge in [0, 0.05) is 31.0 Å². The molecule has 2 aliphatic rings. The predicted molar refractivity (Wildman–Crippen MR) is 119 cm³/mol. The first kappa shape index (κ1) is 20.8. The fourth-order valence-corrected chi connectivity index (χ4v) is 4.46. The molecule has 1 aromatic carbocycles. The van der Waals surface area contributed by atoms with Crippen molar-refractivity contribution in [1.29, 1.82) is 0 Å². The van der Waals surface area contributed by atoms with Crippen LogP contribution < -0.4 is 19.5 Å². The fourth-order valence-electron chi connectivity index (χ4n) is 4.46. The monoisotopic (exact) mass is 465 g/mol. The van der Waals surface area contributed by atoms with Crippen LogP contribution >= 0.6 is 0 Å². The molecule has 10 heteroatoms. The molecule has 4 aromatic rings. The standard InChI is InChI=1S/C24H21F2N5O3/c1-32-22-7-5-18-23(29-22)19(8-9-27-18)31-13-15-11-16(3-4-17(15)30-31)28-12-14-2-6-20-21(10-14)34-24(25,26)33-20/h2,5-10,13,16,28H,3-4,11-12H2,1H3. The number of aromatic nitrogens is 4. The van der Waals surface area contributed by atoms with Crippen LogP contribution in [0.1, 0.15) is 23.2 Å². The SMILES string of the molecule is COc1ccc2nccc(-n3cc4c(n3)CCC(NCc3ccc5c(c3)OC(F)(F)O5)C4)c2n1. The molecule has 1 unspecified atom stereocenters. The van der Waals surface area contributed by atoms with Crippen molar-refractivity contribution in [3.8, 4) is 23.1 Å². The van der Waals surface area contributed by atoms with Gasteiger partial charge in [0.05, 0.1) is 24.0 Å². The maximum absolute atomic E-state index is 13.3. The van der Waals surface area contributed by atoms with E-state index in [0.29, 0.717) is 12.4 Å². The van der Waals surface area contributed by atoms with Gasteiger partial charge in [0.2, 0.25) is 5.88 Å². The summed E-state index contributed by atoms with van der Waals surface area (Å²) < 4.78 is 42.7. The number of halogens is 2. The van der Waals surface area contributed by atoms with Gasteiger partial charge in [0.15, 0.2) is 11.5 Å². The number of hydrogen-bond acceptors (Lipinski definition) is 7. The van der Waals surface area contributed by atoms with E-state index in [1.165, 1.54) is 11.6 Å². The number of fused-ring (bicyclic) bond motifs is 3. The maximum Gasteiger partial charge on any atom is 0.586 e. The van der Waals surface area contributed by atoms with Crippen molar-refractivity contribution >= 4 is 11.0 Å². The van der Waals surface area contributed by atoms with Crippen molar-refractivity contribution < 1.29 is 23.0 Å². The second-order valence-electron chi connectivity index (χ2n) is 8.37. The van der Waals surface area contributed by atoms with Crippen molar-refractivity contribution in [2.45, 2.75) is 38.1 Å². The van der Waals surface area contributed by atoms with Crippen LogP contribution in [-0.4, -0.2) is 39.2 Å². The molecule has 8 nitrogen and oxygen atoms in total. The Labute approximate surface area is 193 Å². The average Bonchev–Trinajstić information content (AvgIpc) is 3.40. The molecule has 6 rings (SSSR count). The van der Waals surface area contributed by atoms with E-state index >= 15 is 0 Å². The lowest BCUT2D eigenvalue weighted by Crippen LogP contribution is -2.33. The number of hydrogen-bond donors (Lipinski definition) is 1. The van der Waals surface area contributed by atoms with Crippen molar-refractivity contribution in [1.82, 2.24) is 25.1 Å². The molecular formula is C24H21F2N5O3. The van der Waals surface area contributed by atoms with Crippen LogP contribution in [0.4, 0.5) is 8.78 Å². The van der Waals surface area contributed by atoms with Crippen LogP contribution in [0.2, 0.25) is 0 Å². The maximum atomic E-state index is 13.3. The first-order chi connectivity index (χ1) is 16.5. The average molecular weight is 465 g/mol. The lowest BCUT2D eigenvalue weighted by atomic mass is 9.93. The minimum atomic E-state index is -3.60. The number of methoxy groups -OCH3 is 1. The molecule has 0 saturated carbocycles. The number of aryl methyl sites for hydroxylation is 1. The summed E-state index contributed by atoms with van der Waals surface area (Å²) in [7, 11) is 1.59. The number of pyridine rings is 2. The van der Waals surface area contributed by atoms with Crippen LogP contribution in [0.5, 0.6) is 17.4 Å². The van der Waals surface area contributed by atoms with E-state index in [9.17, 15) is 8.78 Å². The van der Waals surface area contributed by atoms with E-state index < -0.39 is 6.29 Å². The molecule has 1 aliphatic heterocycles. The molecule has 0 bridgehead atoms. The summed E-state index contributed by atoms with van der Waals surface area (Å²) in [5.41, 5.74) is 5.43. The molecule has 3 aromatic heterocycles. The quantitative estimate of drug-likeness (QED) is 0.480. The molecule has 0 fully saturated rings. The highest BCUT2D eigenvalue weighted by Crippen LogP contribution is 2.41. The summed E-state index contributed by atoms with van der Waals surface area (Å²) in [5.74, 6) is 0.640. The summed E-state index contributed by atoms with van der Waals surface area (Å²) in [6.45, 7) is 0.537. The first-order valence-electron chi connectivity index (χ1n) is 11.0. The highest BCUT2D eigenvalue weighted by atomic mass is 19.3. The Hall–Kier alpha value is -3.79. The molecule has 4 heterocycles. The molecular weight excluding hydrogens is 444 g/mol. The molecule has 1 atom stereocenters. The molecule has 174 valence electrons. The third kappa shape index (κ3) is 3.79. The fraction of sp³-hybridized carbons (Fsp3) is 0.292. The zero-order valence-electron chi connectivity index (χ0n) is 18.3. The van der Waals surface area contributed by atoms with Crippen LogP contribution in [0.15, 0.2) is 48.8 Å². The van der Waals surface area contributed by atoms with E-state index in [-0.39, 0.29) is 17.5 Å². The van der Waals surface area contributed by atoms with Gasteiger partial charge in [-0.1, -0.05) is 6.07 Å². The minimum Gasteiger partial charge on any atom is -0.481 e. The number of alkyl halides is 2. The van der Waals surface area contributed by atoms with Gasteiger partial charge >= 0.3 is 6.29 Å². The molecule has 1 aliphatic carbocycles. The number of ether oxygens (including phenoxy) is 3. The molecule has 0 radical (unpaired) electrons. The van der Waals surface area contributed by atoms with Crippen molar-refractivity contribution in [2.75, 3.05) is 7.11 Å². The van der Waals surface area contributed by atoms with Gasteiger partial charge in [-0.25, -0.2) is 9.67 Å². The van der Waals surface area contributed by atoms with Crippen LogP contribution in [0.25, 0.3) is 16.7 Å².